The molecule has 18 heavy (non-hydrogen) atoms. The van der Waals surface area contributed by atoms with Crippen molar-refractivity contribution in [1.29, 1.82) is 0 Å². The number of H-pyrrole nitrogens is 1. The summed E-state index contributed by atoms with van der Waals surface area (Å²) in [4.78, 5) is 18.3. The second-order valence-electron chi connectivity index (χ2n) is 3.75. The summed E-state index contributed by atoms with van der Waals surface area (Å²) in [6.45, 7) is 0. The Balaban J connectivity index is 2.29. The number of hydrogen-bond donors (Lipinski definition) is 1. The topological polar surface area (TPSA) is 50.7 Å². The highest BCUT2D eigenvalue weighted by Gasteiger charge is 2.08. The third kappa shape index (κ3) is 1.70. The van der Waals surface area contributed by atoms with Gasteiger partial charge >= 0.3 is 0 Å². The number of aromatic nitrogens is 3. The molecular weight excluding hydrogens is 273 g/mol. The molecule has 0 bridgehead atoms. The molecule has 4 nitrogen and oxygen atoms in total. The first-order valence-corrected chi connectivity index (χ1v) is 5.92. The number of halogens is 2. The van der Waals surface area contributed by atoms with Gasteiger partial charge in [0, 0.05) is 11.9 Å². The van der Waals surface area contributed by atoms with Crippen LogP contribution in [-0.2, 0) is 0 Å². The Kier molecular flexibility index (Phi) is 2.61. The zero-order valence-electron chi connectivity index (χ0n) is 9.02. The van der Waals surface area contributed by atoms with E-state index in [1.165, 1.54) is 6.33 Å². The van der Waals surface area contributed by atoms with Crippen molar-refractivity contribution in [2.75, 3.05) is 0 Å². The fourth-order valence-electron chi connectivity index (χ4n) is 1.81. The van der Waals surface area contributed by atoms with Gasteiger partial charge in [-0.05, 0) is 24.3 Å². The number of benzene rings is 1. The maximum absolute atomic E-state index is 11.6. The Bertz CT molecular complexity index is 791. The largest absolute Gasteiger partial charge is 0.313 e. The smallest absolute Gasteiger partial charge is 0.260 e. The van der Waals surface area contributed by atoms with Gasteiger partial charge in [-0.25, -0.2) is 4.98 Å². The van der Waals surface area contributed by atoms with Crippen LogP contribution in [0.1, 0.15) is 0 Å². The summed E-state index contributed by atoms with van der Waals surface area (Å²) in [5.74, 6) is 0. The van der Waals surface area contributed by atoms with Crippen molar-refractivity contribution in [3.8, 4) is 5.69 Å². The molecule has 0 atom stereocenters. The number of hydrogen-bond acceptors (Lipinski definition) is 2. The molecule has 0 aliphatic heterocycles. The van der Waals surface area contributed by atoms with E-state index in [1.54, 1.807) is 29.0 Å². The third-order valence-corrected chi connectivity index (χ3v) is 3.41. The van der Waals surface area contributed by atoms with Crippen molar-refractivity contribution in [1.82, 2.24) is 14.5 Å². The van der Waals surface area contributed by atoms with Gasteiger partial charge in [0.05, 0.1) is 21.8 Å². The van der Waals surface area contributed by atoms with Crippen LogP contribution in [0.5, 0.6) is 0 Å². The first-order valence-electron chi connectivity index (χ1n) is 5.17. The molecule has 1 aromatic carbocycles. The molecule has 0 saturated carbocycles. The molecule has 3 aromatic rings. The van der Waals surface area contributed by atoms with E-state index in [-0.39, 0.29) is 5.56 Å². The van der Waals surface area contributed by atoms with E-state index in [4.69, 9.17) is 23.2 Å². The highest BCUT2D eigenvalue weighted by atomic mass is 35.5. The van der Waals surface area contributed by atoms with E-state index in [9.17, 15) is 4.79 Å². The lowest BCUT2D eigenvalue weighted by Crippen LogP contribution is -2.06. The van der Waals surface area contributed by atoms with Gasteiger partial charge in [-0.1, -0.05) is 23.2 Å². The van der Waals surface area contributed by atoms with E-state index < -0.39 is 0 Å². The summed E-state index contributed by atoms with van der Waals surface area (Å²) in [6.07, 6.45) is 3.14. The summed E-state index contributed by atoms with van der Waals surface area (Å²) in [5.41, 5.74) is 1.22. The molecule has 0 spiro atoms. The summed E-state index contributed by atoms with van der Waals surface area (Å²) < 4.78 is 1.78. The standard InChI is InChI=1S/C12H7Cl2N3O/c13-9-2-1-7(5-10(9)14)17-4-3-8-11(17)15-6-16-12(8)18/h1-6H,(H,15,16,18). The Labute approximate surface area is 112 Å². The maximum atomic E-state index is 11.6. The summed E-state index contributed by atoms with van der Waals surface area (Å²) in [7, 11) is 0. The van der Waals surface area contributed by atoms with Gasteiger partial charge in [0.15, 0.2) is 5.65 Å². The van der Waals surface area contributed by atoms with E-state index in [0.29, 0.717) is 21.1 Å². The number of rotatable bonds is 1. The molecule has 0 amide bonds. The molecule has 0 aliphatic rings. The minimum absolute atomic E-state index is 0.168. The van der Waals surface area contributed by atoms with Crippen molar-refractivity contribution in [2.45, 2.75) is 0 Å². The van der Waals surface area contributed by atoms with Crippen LogP contribution in [0.4, 0.5) is 0 Å². The van der Waals surface area contributed by atoms with E-state index >= 15 is 0 Å². The van der Waals surface area contributed by atoms with Crippen molar-refractivity contribution in [3.63, 3.8) is 0 Å². The molecule has 90 valence electrons. The second kappa shape index (κ2) is 4.15. The summed E-state index contributed by atoms with van der Waals surface area (Å²) >= 11 is 11.9. The van der Waals surface area contributed by atoms with Crippen LogP contribution in [0.25, 0.3) is 16.7 Å². The van der Waals surface area contributed by atoms with Gasteiger partial charge in [0.2, 0.25) is 0 Å². The van der Waals surface area contributed by atoms with Crippen molar-refractivity contribution in [3.05, 3.63) is 57.2 Å². The van der Waals surface area contributed by atoms with Gasteiger partial charge in [-0.2, -0.15) is 0 Å². The van der Waals surface area contributed by atoms with E-state index in [2.05, 4.69) is 9.97 Å². The van der Waals surface area contributed by atoms with Crippen LogP contribution in [0.15, 0.2) is 41.6 Å². The van der Waals surface area contributed by atoms with Gasteiger partial charge in [-0.15, -0.1) is 0 Å². The second-order valence-corrected chi connectivity index (χ2v) is 4.57. The highest BCUT2D eigenvalue weighted by Crippen LogP contribution is 2.25. The number of nitrogens with one attached hydrogen (secondary N) is 1. The van der Waals surface area contributed by atoms with Gasteiger partial charge in [0.1, 0.15) is 0 Å². The van der Waals surface area contributed by atoms with Gasteiger partial charge in [0.25, 0.3) is 5.56 Å². The van der Waals surface area contributed by atoms with Crippen LogP contribution >= 0.6 is 23.2 Å². The van der Waals surface area contributed by atoms with Crippen molar-refractivity contribution >= 4 is 34.2 Å². The average Bonchev–Trinajstić information content (AvgIpc) is 2.78. The maximum Gasteiger partial charge on any atom is 0.260 e. The molecule has 0 fully saturated rings. The Morgan fingerprint density at radius 1 is 1.17 bits per heavy atom. The fourth-order valence-corrected chi connectivity index (χ4v) is 2.10. The Hall–Kier alpha value is -1.78. The minimum atomic E-state index is -0.168. The normalized spacial score (nSPS) is 11.0. The minimum Gasteiger partial charge on any atom is -0.313 e. The predicted molar refractivity (Wildman–Crippen MR) is 71.7 cm³/mol. The number of nitrogens with zero attached hydrogens (tertiary/aromatic N) is 2. The zero-order valence-corrected chi connectivity index (χ0v) is 10.5. The fraction of sp³-hybridized carbons (Fsp3) is 0. The lowest BCUT2D eigenvalue weighted by Gasteiger charge is -2.05. The van der Waals surface area contributed by atoms with Crippen LogP contribution in [-0.4, -0.2) is 14.5 Å². The molecule has 6 heteroatoms. The monoisotopic (exact) mass is 279 g/mol. The molecule has 2 heterocycles. The molecule has 2 aromatic heterocycles. The Morgan fingerprint density at radius 2 is 2.00 bits per heavy atom. The van der Waals surface area contributed by atoms with Gasteiger partial charge < -0.3 is 9.55 Å². The predicted octanol–water partition coefficient (Wildman–Crippen LogP) is 3.02. The van der Waals surface area contributed by atoms with E-state index in [1.807, 2.05) is 6.07 Å². The Morgan fingerprint density at radius 3 is 2.78 bits per heavy atom. The molecule has 0 radical (unpaired) electrons. The molecule has 3 rings (SSSR count). The van der Waals surface area contributed by atoms with Crippen LogP contribution in [0.2, 0.25) is 10.0 Å². The lowest BCUT2D eigenvalue weighted by molar-refractivity contribution is 1.07. The first kappa shape index (κ1) is 11.3. The highest BCUT2D eigenvalue weighted by molar-refractivity contribution is 6.42. The average molecular weight is 280 g/mol. The van der Waals surface area contributed by atoms with E-state index in [0.717, 1.165) is 5.69 Å². The number of aromatic amines is 1. The quantitative estimate of drug-likeness (QED) is 0.744. The van der Waals surface area contributed by atoms with Crippen LogP contribution in [0.3, 0.4) is 0 Å². The molecule has 0 saturated heterocycles. The third-order valence-electron chi connectivity index (χ3n) is 2.67. The molecule has 0 aliphatic carbocycles. The lowest BCUT2D eigenvalue weighted by atomic mass is 10.3. The van der Waals surface area contributed by atoms with Crippen molar-refractivity contribution < 1.29 is 0 Å². The molecular formula is C12H7Cl2N3O. The first-order chi connectivity index (χ1) is 8.66. The van der Waals surface area contributed by atoms with Gasteiger partial charge in [-0.3, -0.25) is 4.79 Å². The summed E-state index contributed by atoms with van der Waals surface area (Å²) in [6, 6.07) is 6.96. The van der Waals surface area contributed by atoms with Crippen LogP contribution < -0.4 is 5.56 Å². The SMILES string of the molecule is O=c1[nH]cnc2c1ccn2-c1ccc(Cl)c(Cl)c1. The molecule has 0 unspecified atom stereocenters. The van der Waals surface area contributed by atoms with Crippen molar-refractivity contribution in [2.24, 2.45) is 0 Å². The van der Waals surface area contributed by atoms with Crippen LogP contribution in [0, 0.1) is 0 Å². The number of fused-ring (bicyclic) bond motifs is 1. The zero-order chi connectivity index (χ0) is 12.7. The molecule has 1 N–H and O–H groups in total. The summed E-state index contributed by atoms with van der Waals surface area (Å²) in [5, 5.41) is 1.48.